The molecule has 1 aromatic rings. The SMILES string of the molecule is CC(C(=O)O)C1CCC(n2cc([N+](=O)[O-])c(C(F)F)n2)CC1. The number of rotatable bonds is 5. The molecule has 0 spiro atoms. The maximum absolute atomic E-state index is 12.8. The van der Waals surface area contributed by atoms with Gasteiger partial charge in [-0.15, -0.1) is 0 Å². The summed E-state index contributed by atoms with van der Waals surface area (Å²) in [6, 6.07) is -0.205. The molecule has 0 radical (unpaired) electrons. The van der Waals surface area contributed by atoms with Crippen LogP contribution in [0.3, 0.4) is 0 Å². The van der Waals surface area contributed by atoms with Gasteiger partial charge in [-0.25, -0.2) is 8.78 Å². The van der Waals surface area contributed by atoms with Crippen molar-refractivity contribution in [2.45, 2.75) is 45.1 Å². The number of carboxylic acid groups (broad SMARTS) is 1. The molecule has 9 heteroatoms. The van der Waals surface area contributed by atoms with Gasteiger partial charge in [-0.1, -0.05) is 6.92 Å². The van der Waals surface area contributed by atoms with Crippen molar-refractivity contribution < 1.29 is 23.6 Å². The third kappa shape index (κ3) is 3.23. The summed E-state index contributed by atoms with van der Waals surface area (Å²) in [5, 5.41) is 23.5. The first-order valence-electron chi connectivity index (χ1n) is 7.05. The molecule has 2 rings (SSSR count). The minimum absolute atomic E-state index is 0.0360. The van der Waals surface area contributed by atoms with Crippen molar-refractivity contribution in [1.82, 2.24) is 9.78 Å². The van der Waals surface area contributed by atoms with Crippen LogP contribution in [-0.4, -0.2) is 25.8 Å². The molecule has 0 aromatic carbocycles. The molecule has 1 fully saturated rings. The van der Waals surface area contributed by atoms with Gasteiger partial charge in [-0.2, -0.15) is 5.10 Å². The summed E-state index contributed by atoms with van der Waals surface area (Å²) in [6.45, 7) is 1.65. The van der Waals surface area contributed by atoms with Crippen molar-refractivity contribution >= 4 is 11.7 Å². The van der Waals surface area contributed by atoms with Crippen LogP contribution >= 0.6 is 0 Å². The Hall–Kier alpha value is -2.06. The molecule has 1 aliphatic rings. The quantitative estimate of drug-likeness (QED) is 0.664. The number of nitrogens with zero attached hydrogens (tertiary/aromatic N) is 3. The third-order valence-corrected chi connectivity index (χ3v) is 4.36. The van der Waals surface area contributed by atoms with Crippen molar-refractivity contribution in [2.24, 2.45) is 11.8 Å². The average molecular weight is 317 g/mol. The molecule has 22 heavy (non-hydrogen) atoms. The highest BCUT2D eigenvalue weighted by Gasteiger charge is 2.33. The van der Waals surface area contributed by atoms with Crippen LogP contribution in [0.2, 0.25) is 0 Å². The van der Waals surface area contributed by atoms with E-state index in [-0.39, 0.29) is 12.0 Å². The molecular formula is C13H17F2N3O4. The lowest BCUT2D eigenvalue weighted by Crippen LogP contribution is -2.26. The van der Waals surface area contributed by atoms with E-state index in [2.05, 4.69) is 5.10 Å². The summed E-state index contributed by atoms with van der Waals surface area (Å²) < 4.78 is 26.8. The van der Waals surface area contributed by atoms with Gasteiger partial charge in [-0.3, -0.25) is 19.6 Å². The number of hydrogen-bond acceptors (Lipinski definition) is 4. The molecule has 0 amide bonds. The summed E-state index contributed by atoms with van der Waals surface area (Å²) >= 11 is 0. The van der Waals surface area contributed by atoms with Crippen molar-refractivity contribution in [1.29, 1.82) is 0 Å². The van der Waals surface area contributed by atoms with E-state index in [1.54, 1.807) is 6.92 Å². The number of alkyl halides is 2. The Labute approximate surface area is 125 Å². The lowest BCUT2D eigenvalue weighted by Gasteiger charge is -2.30. The minimum atomic E-state index is -3.00. The van der Waals surface area contributed by atoms with E-state index in [0.29, 0.717) is 25.7 Å². The maximum atomic E-state index is 12.8. The Morgan fingerprint density at radius 2 is 2.05 bits per heavy atom. The number of aromatic nitrogens is 2. The third-order valence-electron chi connectivity index (χ3n) is 4.36. The van der Waals surface area contributed by atoms with Gasteiger partial charge in [0.2, 0.25) is 5.69 Å². The Kier molecular flexibility index (Phi) is 4.72. The van der Waals surface area contributed by atoms with Crippen molar-refractivity contribution in [3.63, 3.8) is 0 Å². The Morgan fingerprint density at radius 1 is 1.45 bits per heavy atom. The van der Waals surface area contributed by atoms with Gasteiger partial charge in [0.05, 0.1) is 16.9 Å². The molecule has 0 aliphatic heterocycles. The second-order valence-electron chi connectivity index (χ2n) is 5.63. The predicted molar refractivity (Wildman–Crippen MR) is 71.6 cm³/mol. The maximum Gasteiger partial charge on any atom is 0.316 e. The van der Waals surface area contributed by atoms with Crippen molar-refractivity contribution in [2.75, 3.05) is 0 Å². The fourth-order valence-electron chi connectivity index (χ4n) is 2.95. The van der Waals surface area contributed by atoms with Crippen LogP contribution in [-0.2, 0) is 4.79 Å². The molecular weight excluding hydrogens is 300 g/mol. The van der Waals surface area contributed by atoms with Gasteiger partial charge in [0.1, 0.15) is 6.20 Å². The first-order chi connectivity index (χ1) is 10.3. The fraction of sp³-hybridized carbons (Fsp3) is 0.692. The second kappa shape index (κ2) is 6.37. The zero-order chi connectivity index (χ0) is 16.4. The molecule has 1 N–H and O–H groups in total. The first-order valence-corrected chi connectivity index (χ1v) is 7.05. The molecule has 122 valence electrons. The number of carbonyl (C=O) groups is 1. The summed E-state index contributed by atoms with van der Waals surface area (Å²) in [5.74, 6) is -1.27. The van der Waals surface area contributed by atoms with Crippen LogP contribution in [0, 0.1) is 22.0 Å². The van der Waals surface area contributed by atoms with E-state index < -0.39 is 34.6 Å². The molecule has 1 unspecified atom stereocenters. The number of halogens is 2. The zero-order valence-electron chi connectivity index (χ0n) is 12.0. The minimum Gasteiger partial charge on any atom is -0.481 e. The van der Waals surface area contributed by atoms with E-state index in [9.17, 15) is 23.7 Å². The molecule has 0 saturated heterocycles. The normalized spacial score (nSPS) is 23.5. The molecule has 1 aliphatic carbocycles. The van der Waals surface area contributed by atoms with E-state index in [0.717, 1.165) is 6.20 Å². The molecule has 1 aromatic heterocycles. The average Bonchev–Trinajstić information content (AvgIpc) is 2.92. The van der Waals surface area contributed by atoms with Crippen LogP contribution in [0.1, 0.15) is 50.8 Å². The van der Waals surface area contributed by atoms with Crippen LogP contribution in [0.4, 0.5) is 14.5 Å². The monoisotopic (exact) mass is 317 g/mol. The Bertz CT molecular complexity index is 568. The van der Waals surface area contributed by atoms with Gasteiger partial charge in [0.15, 0.2) is 0 Å². The van der Waals surface area contributed by atoms with Gasteiger partial charge < -0.3 is 5.11 Å². The topological polar surface area (TPSA) is 98.3 Å². The summed E-state index contributed by atoms with van der Waals surface area (Å²) in [4.78, 5) is 20.9. The Morgan fingerprint density at radius 3 is 2.45 bits per heavy atom. The van der Waals surface area contributed by atoms with E-state index >= 15 is 0 Å². The number of hydrogen-bond donors (Lipinski definition) is 1. The standard InChI is InChI=1S/C13H17F2N3O4/c1-7(13(19)20)8-2-4-9(5-3-8)17-6-10(18(21)22)11(16-17)12(14)15/h6-9,12H,2-5H2,1H3,(H,19,20). The largest absolute Gasteiger partial charge is 0.481 e. The summed E-state index contributed by atoms with van der Waals surface area (Å²) in [5.41, 5.74) is -1.48. The van der Waals surface area contributed by atoms with Crippen LogP contribution in [0.25, 0.3) is 0 Å². The summed E-state index contributed by atoms with van der Waals surface area (Å²) in [7, 11) is 0. The number of aliphatic carboxylic acids is 1. The molecule has 1 heterocycles. The first kappa shape index (κ1) is 16.3. The van der Waals surface area contributed by atoms with E-state index in [1.807, 2.05) is 0 Å². The molecule has 7 nitrogen and oxygen atoms in total. The van der Waals surface area contributed by atoms with Crippen molar-refractivity contribution in [3.05, 3.63) is 22.0 Å². The summed E-state index contributed by atoms with van der Waals surface area (Å²) in [6.07, 6.45) is 0.469. The Balaban J connectivity index is 2.10. The molecule has 1 saturated carbocycles. The van der Waals surface area contributed by atoms with Gasteiger partial charge in [0, 0.05) is 0 Å². The highest BCUT2D eigenvalue weighted by molar-refractivity contribution is 5.69. The fourth-order valence-corrected chi connectivity index (χ4v) is 2.95. The number of nitro groups is 1. The van der Waals surface area contributed by atoms with Gasteiger partial charge >= 0.3 is 11.7 Å². The van der Waals surface area contributed by atoms with Crippen molar-refractivity contribution in [3.8, 4) is 0 Å². The highest BCUT2D eigenvalue weighted by Crippen LogP contribution is 2.37. The van der Waals surface area contributed by atoms with Gasteiger partial charge in [0.25, 0.3) is 6.43 Å². The highest BCUT2D eigenvalue weighted by atomic mass is 19.3. The second-order valence-corrected chi connectivity index (χ2v) is 5.63. The van der Waals surface area contributed by atoms with E-state index in [4.69, 9.17) is 5.11 Å². The lowest BCUT2D eigenvalue weighted by molar-refractivity contribution is -0.386. The van der Waals surface area contributed by atoms with Crippen LogP contribution in [0.15, 0.2) is 6.20 Å². The van der Waals surface area contributed by atoms with E-state index in [1.165, 1.54) is 4.68 Å². The van der Waals surface area contributed by atoms with Crippen LogP contribution in [0.5, 0.6) is 0 Å². The molecule has 0 bridgehead atoms. The zero-order valence-corrected chi connectivity index (χ0v) is 12.0. The van der Waals surface area contributed by atoms with Gasteiger partial charge in [-0.05, 0) is 31.6 Å². The predicted octanol–water partition coefficient (Wildman–Crippen LogP) is 3.18. The lowest BCUT2D eigenvalue weighted by atomic mass is 9.79. The number of carboxylic acids is 1. The van der Waals surface area contributed by atoms with Crippen LogP contribution < -0.4 is 0 Å². The molecule has 1 atom stereocenters. The smallest absolute Gasteiger partial charge is 0.316 e.